The molecule has 0 heterocycles. The molecule has 0 spiro atoms. The quantitative estimate of drug-likeness (QED) is 0.819. The van der Waals surface area contributed by atoms with Crippen LogP contribution >= 0.6 is 0 Å². The Morgan fingerprint density at radius 1 is 1.04 bits per heavy atom. The van der Waals surface area contributed by atoms with Crippen LogP contribution in [0.5, 0.6) is 5.75 Å². The van der Waals surface area contributed by atoms with Crippen molar-refractivity contribution in [3.05, 3.63) is 29.8 Å². The number of methoxy groups -OCH3 is 1. The van der Waals surface area contributed by atoms with Crippen LogP contribution in [0.3, 0.4) is 0 Å². The van der Waals surface area contributed by atoms with Gasteiger partial charge in [-0.25, -0.2) is 0 Å². The Hall–Kier alpha value is -2.04. The standard InChI is InChI=1S/C21H32N2O3/c1-21(2,3)23-20(25)17-11-9-16(10-12-17)19(24)22-14-13-15-7-5-6-8-18(15)26-4/h5-8,16-17H,9-14H2,1-4H3,(H,22,24)(H,23,25). The highest BCUT2D eigenvalue weighted by Gasteiger charge is 2.31. The normalized spacial score (nSPS) is 20.3. The van der Waals surface area contributed by atoms with Crippen LogP contribution in [0.1, 0.15) is 52.0 Å². The summed E-state index contributed by atoms with van der Waals surface area (Å²) in [5.41, 5.74) is 0.891. The lowest BCUT2D eigenvalue weighted by molar-refractivity contribution is -0.131. The summed E-state index contributed by atoms with van der Waals surface area (Å²) in [6.07, 6.45) is 3.88. The number of amides is 2. The predicted molar refractivity (Wildman–Crippen MR) is 103 cm³/mol. The highest BCUT2D eigenvalue weighted by Crippen LogP contribution is 2.29. The van der Waals surface area contributed by atoms with E-state index in [1.807, 2.05) is 45.0 Å². The van der Waals surface area contributed by atoms with E-state index < -0.39 is 0 Å². The zero-order valence-corrected chi connectivity index (χ0v) is 16.4. The van der Waals surface area contributed by atoms with Crippen LogP contribution in [0.15, 0.2) is 24.3 Å². The lowest BCUT2D eigenvalue weighted by Crippen LogP contribution is -2.45. The van der Waals surface area contributed by atoms with E-state index in [9.17, 15) is 9.59 Å². The molecule has 0 saturated heterocycles. The number of ether oxygens (including phenoxy) is 1. The van der Waals surface area contributed by atoms with Gasteiger partial charge in [-0.3, -0.25) is 9.59 Å². The third kappa shape index (κ3) is 6.04. The van der Waals surface area contributed by atoms with Crippen molar-refractivity contribution >= 4 is 11.8 Å². The Morgan fingerprint density at radius 3 is 2.19 bits per heavy atom. The molecule has 1 fully saturated rings. The van der Waals surface area contributed by atoms with E-state index in [1.165, 1.54) is 0 Å². The first-order valence-electron chi connectivity index (χ1n) is 9.52. The summed E-state index contributed by atoms with van der Waals surface area (Å²) in [6.45, 7) is 6.58. The molecule has 0 aromatic heterocycles. The Labute approximate surface area is 156 Å². The lowest BCUT2D eigenvalue weighted by Gasteiger charge is -2.30. The van der Waals surface area contributed by atoms with E-state index in [0.29, 0.717) is 6.54 Å². The minimum absolute atomic E-state index is 0.0198. The minimum Gasteiger partial charge on any atom is -0.496 e. The van der Waals surface area contributed by atoms with Crippen LogP contribution in [-0.4, -0.2) is 31.0 Å². The Kier molecular flexibility index (Phi) is 7.06. The fourth-order valence-electron chi connectivity index (χ4n) is 3.46. The van der Waals surface area contributed by atoms with Gasteiger partial charge in [0.1, 0.15) is 5.75 Å². The molecule has 1 aliphatic carbocycles. The number of nitrogens with one attached hydrogen (secondary N) is 2. The molecule has 0 unspecified atom stereocenters. The van der Waals surface area contributed by atoms with Crippen molar-refractivity contribution in [2.75, 3.05) is 13.7 Å². The van der Waals surface area contributed by atoms with Gasteiger partial charge in [-0.2, -0.15) is 0 Å². The predicted octanol–water partition coefficient (Wildman–Crippen LogP) is 3.08. The first kappa shape index (κ1) is 20.3. The lowest BCUT2D eigenvalue weighted by atomic mass is 9.81. The van der Waals surface area contributed by atoms with Gasteiger partial charge in [0.15, 0.2) is 0 Å². The van der Waals surface area contributed by atoms with Crippen LogP contribution in [-0.2, 0) is 16.0 Å². The number of hydrogen-bond donors (Lipinski definition) is 2. The number of carbonyl (C=O) groups is 2. The molecule has 26 heavy (non-hydrogen) atoms. The first-order valence-corrected chi connectivity index (χ1v) is 9.52. The Bertz CT molecular complexity index is 614. The maximum Gasteiger partial charge on any atom is 0.223 e. The topological polar surface area (TPSA) is 67.4 Å². The molecule has 0 radical (unpaired) electrons. The van der Waals surface area contributed by atoms with Crippen LogP contribution in [0.4, 0.5) is 0 Å². The highest BCUT2D eigenvalue weighted by atomic mass is 16.5. The average molecular weight is 360 g/mol. The van der Waals surface area contributed by atoms with Gasteiger partial charge in [-0.1, -0.05) is 18.2 Å². The Balaban J connectivity index is 1.74. The van der Waals surface area contributed by atoms with Crippen molar-refractivity contribution in [1.29, 1.82) is 0 Å². The van der Waals surface area contributed by atoms with Gasteiger partial charge in [-0.15, -0.1) is 0 Å². The second-order valence-electron chi connectivity index (χ2n) is 8.14. The maximum absolute atomic E-state index is 12.4. The van der Waals surface area contributed by atoms with Gasteiger partial charge in [0, 0.05) is 23.9 Å². The van der Waals surface area contributed by atoms with Gasteiger partial charge >= 0.3 is 0 Å². The first-order chi connectivity index (χ1) is 12.3. The van der Waals surface area contributed by atoms with Crippen molar-refractivity contribution in [1.82, 2.24) is 10.6 Å². The molecule has 144 valence electrons. The number of rotatable bonds is 6. The van der Waals surface area contributed by atoms with Gasteiger partial charge in [0.05, 0.1) is 7.11 Å². The largest absolute Gasteiger partial charge is 0.496 e. The minimum atomic E-state index is -0.205. The molecular formula is C21H32N2O3. The molecule has 2 N–H and O–H groups in total. The van der Waals surface area contributed by atoms with E-state index in [-0.39, 0.29) is 29.2 Å². The molecule has 0 bridgehead atoms. The number of para-hydroxylation sites is 1. The fourth-order valence-corrected chi connectivity index (χ4v) is 3.46. The van der Waals surface area contributed by atoms with Gasteiger partial charge in [0.2, 0.25) is 11.8 Å². The molecule has 1 saturated carbocycles. The molecule has 5 nitrogen and oxygen atoms in total. The van der Waals surface area contributed by atoms with Crippen molar-refractivity contribution in [3.8, 4) is 5.75 Å². The van der Waals surface area contributed by atoms with Crippen molar-refractivity contribution in [3.63, 3.8) is 0 Å². The SMILES string of the molecule is COc1ccccc1CCNC(=O)C1CCC(C(=O)NC(C)(C)C)CC1. The molecule has 5 heteroatoms. The van der Waals surface area contributed by atoms with E-state index in [2.05, 4.69) is 10.6 Å². The zero-order valence-electron chi connectivity index (χ0n) is 16.4. The molecule has 1 aromatic carbocycles. The maximum atomic E-state index is 12.4. The summed E-state index contributed by atoms with van der Waals surface area (Å²) >= 11 is 0. The summed E-state index contributed by atoms with van der Waals surface area (Å²) in [5.74, 6) is 1.13. The third-order valence-corrected chi connectivity index (χ3v) is 4.85. The number of hydrogen-bond acceptors (Lipinski definition) is 3. The fraction of sp³-hybridized carbons (Fsp3) is 0.619. The molecule has 0 aliphatic heterocycles. The monoisotopic (exact) mass is 360 g/mol. The second-order valence-corrected chi connectivity index (χ2v) is 8.14. The van der Waals surface area contributed by atoms with Gasteiger partial charge in [0.25, 0.3) is 0 Å². The number of benzene rings is 1. The molecule has 0 atom stereocenters. The molecule has 2 rings (SSSR count). The van der Waals surface area contributed by atoms with Crippen molar-refractivity contribution < 1.29 is 14.3 Å². The second kappa shape index (κ2) is 9.06. The Morgan fingerprint density at radius 2 is 1.62 bits per heavy atom. The van der Waals surface area contributed by atoms with Gasteiger partial charge in [-0.05, 0) is 64.5 Å². The summed E-state index contributed by atoms with van der Waals surface area (Å²) in [5, 5.41) is 6.08. The smallest absolute Gasteiger partial charge is 0.223 e. The highest BCUT2D eigenvalue weighted by molar-refractivity contribution is 5.81. The summed E-state index contributed by atoms with van der Waals surface area (Å²) < 4.78 is 5.34. The van der Waals surface area contributed by atoms with E-state index in [1.54, 1.807) is 7.11 Å². The summed E-state index contributed by atoms with van der Waals surface area (Å²) in [4.78, 5) is 24.7. The van der Waals surface area contributed by atoms with E-state index in [4.69, 9.17) is 4.74 Å². The van der Waals surface area contributed by atoms with Crippen LogP contribution < -0.4 is 15.4 Å². The number of carbonyl (C=O) groups excluding carboxylic acids is 2. The van der Waals surface area contributed by atoms with Gasteiger partial charge < -0.3 is 15.4 Å². The average Bonchev–Trinajstić information content (AvgIpc) is 2.60. The molecule has 1 aromatic rings. The zero-order chi connectivity index (χ0) is 19.2. The molecule has 2 amide bonds. The summed E-state index contributed by atoms with van der Waals surface area (Å²) in [7, 11) is 1.66. The van der Waals surface area contributed by atoms with Crippen LogP contribution in [0, 0.1) is 11.8 Å². The van der Waals surface area contributed by atoms with E-state index >= 15 is 0 Å². The van der Waals surface area contributed by atoms with Crippen molar-refractivity contribution in [2.24, 2.45) is 11.8 Å². The van der Waals surface area contributed by atoms with E-state index in [0.717, 1.165) is 43.4 Å². The van der Waals surface area contributed by atoms with Crippen LogP contribution in [0.25, 0.3) is 0 Å². The molecular weight excluding hydrogens is 328 g/mol. The van der Waals surface area contributed by atoms with Crippen molar-refractivity contribution in [2.45, 2.75) is 58.4 Å². The van der Waals surface area contributed by atoms with Crippen LogP contribution in [0.2, 0.25) is 0 Å². The summed E-state index contributed by atoms with van der Waals surface area (Å²) in [6, 6.07) is 7.86. The molecule has 1 aliphatic rings. The third-order valence-electron chi connectivity index (χ3n) is 4.85.